The standard InChI is InChI=1S/C10H12ClNO2S/c1-14-10(13)7-5-12-4-6(7)8-2-3-9(11)15-8/h2-3,6-7,12H,4-5H2,1H3/t6-,7-/m1/s1. The maximum atomic E-state index is 11.5. The molecule has 1 aromatic rings. The molecule has 0 aliphatic carbocycles. The summed E-state index contributed by atoms with van der Waals surface area (Å²) in [6.07, 6.45) is 0. The fourth-order valence-electron chi connectivity index (χ4n) is 1.90. The van der Waals surface area contributed by atoms with Crippen molar-refractivity contribution in [2.75, 3.05) is 20.2 Å². The third kappa shape index (κ3) is 2.17. The van der Waals surface area contributed by atoms with E-state index in [0.29, 0.717) is 6.54 Å². The molecule has 0 spiro atoms. The summed E-state index contributed by atoms with van der Waals surface area (Å²) in [5.41, 5.74) is 0. The minimum Gasteiger partial charge on any atom is -0.469 e. The Labute approximate surface area is 97.4 Å². The summed E-state index contributed by atoms with van der Waals surface area (Å²) in [6, 6.07) is 3.86. The summed E-state index contributed by atoms with van der Waals surface area (Å²) in [5, 5.41) is 3.21. The summed E-state index contributed by atoms with van der Waals surface area (Å²) < 4.78 is 5.55. The lowest BCUT2D eigenvalue weighted by molar-refractivity contribution is -0.145. The van der Waals surface area contributed by atoms with E-state index in [9.17, 15) is 4.79 Å². The average molecular weight is 246 g/mol. The van der Waals surface area contributed by atoms with Crippen molar-refractivity contribution in [1.29, 1.82) is 0 Å². The Balaban J connectivity index is 2.18. The Morgan fingerprint density at radius 3 is 3.00 bits per heavy atom. The minimum absolute atomic E-state index is 0.0790. The monoisotopic (exact) mass is 245 g/mol. The second-order valence-corrected chi connectivity index (χ2v) is 5.28. The molecule has 0 amide bonds. The highest BCUT2D eigenvalue weighted by atomic mass is 35.5. The van der Waals surface area contributed by atoms with Crippen LogP contribution in [0, 0.1) is 5.92 Å². The van der Waals surface area contributed by atoms with Crippen LogP contribution in [-0.4, -0.2) is 26.2 Å². The van der Waals surface area contributed by atoms with Crippen LogP contribution in [0.5, 0.6) is 0 Å². The molecule has 0 saturated carbocycles. The van der Waals surface area contributed by atoms with Crippen molar-refractivity contribution in [2.24, 2.45) is 5.92 Å². The average Bonchev–Trinajstić information content (AvgIpc) is 2.84. The molecule has 1 N–H and O–H groups in total. The number of hydrogen-bond donors (Lipinski definition) is 1. The second-order valence-electron chi connectivity index (χ2n) is 3.54. The molecule has 0 bridgehead atoms. The van der Waals surface area contributed by atoms with Gasteiger partial charge in [0.05, 0.1) is 17.4 Å². The van der Waals surface area contributed by atoms with Gasteiger partial charge in [0.2, 0.25) is 0 Å². The van der Waals surface area contributed by atoms with Gasteiger partial charge >= 0.3 is 5.97 Å². The van der Waals surface area contributed by atoms with Gasteiger partial charge in [-0.25, -0.2) is 0 Å². The molecule has 1 aliphatic rings. The molecular weight excluding hydrogens is 234 g/mol. The molecule has 2 atom stereocenters. The molecule has 0 unspecified atom stereocenters. The molecule has 1 aliphatic heterocycles. The van der Waals surface area contributed by atoms with Gasteiger partial charge in [0.15, 0.2) is 0 Å². The molecule has 0 radical (unpaired) electrons. The normalized spacial score (nSPS) is 25.5. The SMILES string of the molecule is COC(=O)[C@@H]1CNC[C@H]1c1ccc(Cl)s1. The third-order valence-corrected chi connectivity index (χ3v) is 4.04. The van der Waals surface area contributed by atoms with Crippen LogP contribution in [0.25, 0.3) is 0 Å². The number of esters is 1. The quantitative estimate of drug-likeness (QED) is 0.809. The molecule has 2 heterocycles. The second kappa shape index (κ2) is 4.51. The van der Waals surface area contributed by atoms with Crippen molar-refractivity contribution >= 4 is 28.9 Å². The molecule has 1 fully saturated rings. The van der Waals surface area contributed by atoms with E-state index in [1.165, 1.54) is 18.4 Å². The predicted molar refractivity (Wildman–Crippen MR) is 60.4 cm³/mol. The van der Waals surface area contributed by atoms with Crippen molar-refractivity contribution in [3.05, 3.63) is 21.3 Å². The lowest BCUT2D eigenvalue weighted by Crippen LogP contribution is -2.22. The van der Waals surface area contributed by atoms with Crippen molar-refractivity contribution in [3.8, 4) is 0 Å². The van der Waals surface area contributed by atoms with Gasteiger partial charge in [-0.05, 0) is 12.1 Å². The summed E-state index contributed by atoms with van der Waals surface area (Å²) in [6.45, 7) is 1.50. The molecule has 5 heteroatoms. The zero-order valence-electron chi connectivity index (χ0n) is 8.33. The molecule has 3 nitrogen and oxygen atoms in total. The third-order valence-electron chi connectivity index (χ3n) is 2.68. The molecular formula is C10H12ClNO2S. The highest BCUT2D eigenvalue weighted by Crippen LogP contribution is 2.35. The van der Waals surface area contributed by atoms with Gasteiger partial charge in [-0.3, -0.25) is 4.79 Å². The zero-order chi connectivity index (χ0) is 10.8. The van der Waals surface area contributed by atoms with Gasteiger partial charge in [-0.2, -0.15) is 0 Å². The maximum Gasteiger partial charge on any atom is 0.310 e. The molecule has 1 aromatic heterocycles. The van der Waals surface area contributed by atoms with Gasteiger partial charge in [0.1, 0.15) is 0 Å². The topological polar surface area (TPSA) is 38.3 Å². The maximum absolute atomic E-state index is 11.5. The predicted octanol–water partition coefficient (Wildman–Crippen LogP) is 1.88. The van der Waals surface area contributed by atoms with Crippen LogP contribution in [0.1, 0.15) is 10.8 Å². The van der Waals surface area contributed by atoms with Gasteiger partial charge in [0.25, 0.3) is 0 Å². The number of methoxy groups -OCH3 is 1. The number of ether oxygens (including phenoxy) is 1. The van der Waals surface area contributed by atoms with Gasteiger partial charge in [-0.15, -0.1) is 11.3 Å². The number of carbonyl (C=O) groups excluding carboxylic acids is 1. The summed E-state index contributed by atoms with van der Waals surface area (Å²) >= 11 is 7.42. The van der Waals surface area contributed by atoms with E-state index in [-0.39, 0.29) is 17.8 Å². The Morgan fingerprint density at radius 1 is 1.60 bits per heavy atom. The van der Waals surface area contributed by atoms with Crippen LogP contribution < -0.4 is 5.32 Å². The molecule has 2 rings (SSSR count). The summed E-state index contributed by atoms with van der Waals surface area (Å²) in [5.74, 6) is -0.0193. The first kappa shape index (κ1) is 10.9. The van der Waals surface area contributed by atoms with E-state index in [0.717, 1.165) is 15.8 Å². The van der Waals surface area contributed by atoms with Crippen molar-refractivity contribution < 1.29 is 9.53 Å². The highest BCUT2D eigenvalue weighted by Gasteiger charge is 2.35. The lowest BCUT2D eigenvalue weighted by atomic mass is 9.95. The van der Waals surface area contributed by atoms with E-state index in [1.54, 1.807) is 0 Å². The largest absolute Gasteiger partial charge is 0.469 e. The van der Waals surface area contributed by atoms with Gasteiger partial charge < -0.3 is 10.1 Å². The Hall–Kier alpha value is -0.580. The zero-order valence-corrected chi connectivity index (χ0v) is 9.90. The van der Waals surface area contributed by atoms with E-state index in [1.807, 2.05) is 12.1 Å². The van der Waals surface area contributed by atoms with Crippen LogP contribution in [0.2, 0.25) is 4.34 Å². The summed E-state index contributed by atoms with van der Waals surface area (Å²) in [7, 11) is 1.43. The number of thiophene rings is 1. The van der Waals surface area contributed by atoms with Gasteiger partial charge in [0, 0.05) is 23.9 Å². The molecule has 0 aromatic carbocycles. The highest BCUT2D eigenvalue weighted by molar-refractivity contribution is 7.16. The Bertz CT molecular complexity index is 366. The first-order chi connectivity index (χ1) is 7.22. The van der Waals surface area contributed by atoms with Crippen LogP contribution >= 0.6 is 22.9 Å². The van der Waals surface area contributed by atoms with Crippen LogP contribution in [0.15, 0.2) is 12.1 Å². The number of hydrogen-bond acceptors (Lipinski definition) is 4. The first-order valence-electron chi connectivity index (χ1n) is 4.76. The number of carbonyl (C=O) groups is 1. The fraction of sp³-hybridized carbons (Fsp3) is 0.500. The smallest absolute Gasteiger partial charge is 0.310 e. The summed E-state index contributed by atoms with van der Waals surface area (Å²) in [4.78, 5) is 12.7. The number of nitrogens with one attached hydrogen (secondary N) is 1. The Morgan fingerprint density at radius 2 is 2.40 bits per heavy atom. The van der Waals surface area contributed by atoms with Gasteiger partial charge in [-0.1, -0.05) is 11.6 Å². The van der Waals surface area contributed by atoms with Crippen molar-refractivity contribution in [3.63, 3.8) is 0 Å². The molecule has 82 valence electrons. The van der Waals surface area contributed by atoms with Crippen LogP contribution in [0.4, 0.5) is 0 Å². The van der Waals surface area contributed by atoms with E-state index < -0.39 is 0 Å². The van der Waals surface area contributed by atoms with Crippen LogP contribution in [-0.2, 0) is 9.53 Å². The van der Waals surface area contributed by atoms with Crippen molar-refractivity contribution in [2.45, 2.75) is 5.92 Å². The fourth-order valence-corrected chi connectivity index (χ4v) is 3.13. The van der Waals surface area contributed by atoms with Crippen LogP contribution in [0.3, 0.4) is 0 Å². The lowest BCUT2D eigenvalue weighted by Gasteiger charge is -2.14. The molecule has 1 saturated heterocycles. The van der Waals surface area contributed by atoms with E-state index >= 15 is 0 Å². The number of rotatable bonds is 2. The molecule has 15 heavy (non-hydrogen) atoms. The Kier molecular flexibility index (Phi) is 3.29. The van der Waals surface area contributed by atoms with E-state index in [4.69, 9.17) is 16.3 Å². The first-order valence-corrected chi connectivity index (χ1v) is 5.95. The van der Waals surface area contributed by atoms with Crippen molar-refractivity contribution in [1.82, 2.24) is 5.32 Å². The minimum atomic E-state index is -0.144. The van der Waals surface area contributed by atoms with E-state index in [2.05, 4.69) is 5.32 Å². The number of halogens is 1.